The number of benzene rings is 2. The van der Waals surface area contributed by atoms with Gasteiger partial charge in [-0.15, -0.1) is 5.10 Å². The van der Waals surface area contributed by atoms with E-state index in [9.17, 15) is 18.0 Å². The van der Waals surface area contributed by atoms with Gasteiger partial charge < -0.3 is 10.1 Å². The van der Waals surface area contributed by atoms with E-state index >= 15 is 0 Å². The molecule has 0 aliphatic carbocycles. The van der Waals surface area contributed by atoms with Gasteiger partial charge in [0.1, 0.15) is 5.52 Å². The van der Waals surface area contributed by atoms with E-state index in [0.717, 1.165) is 16.6 Å². The number of pyridine rings is 1. The van der Waals surface area contributed by atoms with Crippen molar-refractivity contribution in [2.75, 3.05) is 6.61 Å². The summed E-state index contributed by atoms with van der Waals surface area (Å²) in [6, 6.07) is 17.7. The van der Waals surface area contributed by atoms with E-state index in [1.54, 1.807) is 28.9 Å². The number of fused-ring (bicyclic) bond motifs is 1. The number of para-hydroxylation sites is 1. The number of carbonyl (C=O) groups excluding carboxylic acids is 1. The maximum absolute atomic E-state index is 12.5. The average Bonchev–Trinajstić information content (AvgIpc) is 3.19. The van der Waals surface area contributed by atoms with Crippen LogP contribution in [-0.4, -0.2) is 38.7 Å². The summed E-state index contributed by atoms with van der Waals surface area (Å²) in [6.45, 7) is -0.974. The zero-order valence-electron chi connectivity index (χ0n) is 16.7. The Kier molecular flexibility index (Phi) is 6.02. The number of amides is 1. The minimum Gasteiger partial charge on any atom is -0.468 e. The zero-order chi connectivity index (χ0) is 22.6. The van der Waals surface area contributed by atoms with E-state index in [4.69, 9.17) is 4.74 Å². The highest BCUT2D eigenvalue weighted by Crippen LogP contribution is 2.20. The van der Waals surface area contributed by atoms with Crippen LogP contribution in [0.3, 0.4) is 0 Å². The van der Waals surface area contributed by atoms with Gasteiger partial charge in [0.05, 0.1) is 12.1 Å². The number of aromatic nitrogens is 4. The lowest BCUT2D eigenvalue weighted by molar-refractivity contribution is -0.154. The van der Waals surface area contributed by atoms with Crippen molar-refractivity contribution in [2.45, 2.75) is 19.3 Å². The highest BCUT2D eigenvalue weighted by atomic mass is 19.4. The first kappa shape index (κ1) is 21.3. The highest BCUT2D eigenvalue weighted by Gasteiger charge is 2.29. The van der Waals surface area contributed by atoms with Gasteiger partial charge in [-0.2, -0.15) is 13.2 Å². The second kappa shape index (κ2) is 9.04. The van der Waals surface area contributed by atoms with Crippen molar-refractivity contribution in [1.29, 1.82) is 0 Å². The van der Waals surface area contributed by atoms with E-state index in [0.29, 0.717) is 17.7 Å². The molecular weight excluding hydrogens is 423 g/mol. The first-order chi connectivity index (χ1) is 15.4. The van der Waals surface area contributed by atoms with Gasteiger partial charge in [0.25, 0.3) is 5.91 Å². The number of alkyl halides is 3. The fourth-order valence-electron chi connectivity index (χ4n) is 3.08. The van der Waals surface area contributed by atoms with E-state index in [1.807, 2.05) is 36.4 Å². The van der Waals surface area contributed by atoms with Crippen molar-refractivity contribution < 1.29 is 22.7 Å². The third-order valence-electron chi connectivity index (χ3n) is 4.63. The fraction of sp³-hybridized carbons (Fsp3) is 0.182. The molecule has 10 heteroatoms. The lowest BCUT2D eigenvalue weighted by atomic mass is 10.1. The molecule has 7 nitrogen and oxygen atoms in total. The Morgan fingerprint density at radius 1 is 1.03 bits per heavy atom. The largest absolute Gasteiger partial charge is 0.468 e. The molecule has 0 radical (unpaired) electrons. The number of ether oxygens (including phenoxy) is 1. The predicted octanol–water partition coefficient (Wildman–Crippen LogP) is 3.75. The predicted molar refractivity (Wildman–Crippen MR) is 110 cm³/mol. The van der Waals surface area contributed by atoms with Gasteiger partial charge in [0.2, 0.25) is 5.88 Å². The van der Waals surface area contributed by atoms with Crippen molar-refractivity contribution in [3.8, 4) is 5.88 Å². The quantitative estimate of drug-likeness (QED) is 0.473. The Balaban J connectivity index is 1.37. The molecule has 0 bridgehead atoms. The van der Waals surface area contributed by atoms with Crippen molar-refractivity contribution in [3.63, 3.8) is 0 Å². The summed E-state index contributed by atoms with van der Waals surface area (Å²) in [5.74, 6) is -0.533. The van der Waals surface area contributed by atoms with Crippen molar-refractivity contribution >= 4 is 16.9 Å². The molecule has 164 valence electrons. The number of hydrogen-bond donors (Lipinski definition) is 1. The third kappa shape index (κ3) is 5.20. The molecule has 0 atom stereocenters. The van der Waals surface area contributed by atoms with Gasteiger partial charge in [-0.3, -0.25) is 4.79 Å². The van der Waals surface area contributed by atoms with Crippen LogP contribution in [-0.2, 0) is 13.1 Å². The number of rotatable bonds is 7. The lowest BCUT2D eigenvalue weighted by Crippen LogP contribution is -2.24. The van der Waals surface area contributed by atoms with E-state index in [1.165, 1.54) is 6.20 Å². The Labute approximate surface area is 180 Å². The summed E-state index contributed by atoms with van der Waals surface area (Å²) >= 11 is 0. The molecule has 2 heterocycles. The minimum absolute atomic E-state index is 0.0213. The molecule has 0 fully saturated rings. The van der Waals surface area contributed by atoms with Crippen LogP contribution < -0.4 is 10.1 Å². The first-order valence-corrected chi connectivity index (χ1v) is 9.68. The Hall–Kier alpha value is -3.95. The summed E-state index contributed by atoms with van der Waals surface area (Å²) < 4.78 is 43.7. The molecular formula is C22H18F3N5O2. The molecule has 0 aliphatic heterocycles. The van der Waals surface area contributed by atoms with Crippen LogP contribution in [0.2, 0.25) is 0 Å². The summed E-state index contributed by atoms with van der Waals surface area (Å²) in [5, 5.41) is 10.9. The normalized spacial score (nSPS) is 11.5. The van der Waals surface area contributed by atoms with Crippen LogP contribution in [0.1, 0.15) is 21.5 Å². The van der Waals surface area contributed by atoms with Crippen molar-refractivity contribution in [1.82, 2.24) is 25.3 Å². The van der Waals surface area contributed by atoms with E-state index < -0.39 is 12.8 Å². The summed E-state index contributed by atoms with van der Waals surface area (Å²) in [4.78, 5) is 16.3. The average molecular weight is 441 g/mol. The second-order valence-corrected chi connectivity index (χ2v) is 6.99. The van der Waals surface area contributed by atoms with Crippen LogP contribution >= 0.6 is 0 Å². The Morgan fingerprint density at radius 3 is 2.59 bits per heavy atom. The molecule has 2 aromatic heterocycles. The van der Waals surface area contributed by atoms with Crippen molar-refractivity contribution in [3.05, 3.63) is 83.6 Å². The number of halogens is 3. The minimum atomic E-state index is -4.47. The monoisotopic (exact) mass is 441 g/mol. The maximum Gasteiger partial charge on any atom is 0.422 e. The molecule has 0 unspecified atom stereocenters. The topological polar surface area (TPSA) is 81.9 Å². The molecule has 4 rings (SSSR count). The Morgan fingerprint density at radius 2 is 1.81 bits per heavy atom. The maximum atomic E-state index is 12.5. The molecule has 1 amide bonds. The molecule has 0 saturated carbocycles. The fourth-order valence-corrected chi connectivity index (χ4v) is 3.08. The molecule has 2 aromatic carbocycles. The van der Waals surface area contributed by atoms with Gasteiger partial charge in [0.15, 0.2) is 6.61 Å². The number of nitrogens with one attached hydrogen (secondary N) is 1. The standard InChI is InChI=1S/C22H18F3N5O2/c23-22(24,25)14-32-21-17(4-3-11-26-21)12-27-20(31)16-9-7-15(8-10-16)13-30-19-6-2-1-5-18(19)28-29-30/h1-11H,12-14H2,(H,27,31). The molecule has 0 spiro atoms. The molecule has 4 aromatic rings. The summed E-state index contributed by atoms with van der Waals surface area (Å²) in [7, 11) is 0. The second-order valence-electron chi connectivity index (χ2n) is 6.99. The van der Waals surface area contributed by atoms with Gasteiger partial charge in [-0.05, 0) is 35.9 Å². The molecule has 0 aliphatic rings. The van der Waals surface area contributed by atoms with Crippen LogP contribution in [0.4, 0.5) is 13.2 Å². The van der Waals surface area contributed by atoms with Crippen LogP contribution in [0, 0.1) is 0 Å². The molecule has 1 N–H and O–H groups in total. The molecule has 0 saturated heterocycles. The van der Waals surface area contributed by atoms with Gasteiger partial charge >= 0.3 is 6.18 Å². The molecule has 32 heavy (non-hydrogen) atoms. The number of carbonyl (C=O) groups is 1. The number of hydrogen-bond acceptors (Lipinski definition) is 5. The van der Waals surface area contributed by atoms with Crippen LogP contribution in [0.15, 0.2) is 66.9 Å². The summed E-state index contributed by atoms with van der Waals surface area (Å²) in [5.41, 5.74) is 3.41. The highest BCUT2D eigenvalue weighted by molar-refractivity contribution is 5.94. The Bertz CT molecular complexity index is 1220. The van der Waals surface area contributed by atoms with E-state index in [2.05, 4.69) is 20.6 Å². The van der Waals surface area contributed by atoms with Crippen LogP contribution in [0.5, 0.6) is 5.88 Å². The smallest absolute Gasteiger partial charge is 0.422 e. The SMILES string of the molecule is O=C(NCc1cccnc1OCC(F)(F)F)c1ccc(Cn2nnc3ccccc32)cc1. The lowest BCUT2D eigenvalue weighted by Gasteiger charge is -2.12. The van der Waals surface area contributed by atoms with Gasteiger partial charge in [-0.25, -0.2) is 9.67 Å². The van der Waals surface area contributed by atoms with Gasteiger partial charge in [0, 0.05) is 23.9 Å². The third-order valence-corrected chi connectivity index (χ3v) is 4.63. The van der Waals surface area contributed by atoms with Crippen molar-refractivity contribution in [2.24, 2.45) is 0 Å². The summed E-state index contributed by atoms with van der Waals surface area (Å²) in [6.07, 6.45) is -3.15. The number of nitrogens with zero attached hydrogens (tertiary/aromatic N) is 4. The van der Waals surface area contributed by atoms with E-state index in [-0.39, 0.29) is 18.3 Å². The first-order valence-electron chi connectivity index (χ1n) is 9.68. The zero-order valence-corrected chi connectivity index (χ0v) is 16.7. The van der Waals surface area contributed by atoms with Crippen LogP contribution in [0.25, 0.3) is 11.0 Å². The van der Waals surface area contributed by atoms with Gasteiger partial charge in [-0.1, -0.05) is 35.5 Å².